The highest BCUT2D eigenvalue weighted by Crippen LogP contribution is 2.38. The van der Waals surface area contributed by atoms with Gasteiger partial charge in [-0.05, 0) is 19.3 Å². The number of imidazole rings is 1. The highest BCUT2D eigenvalue weighted by molar-refractivity contribution is 5.83. The number of rotatable bonds is 2. The molecule has 1 aliphatic carbocycles. The predicted molar refractivity (Wildman–Crippen MR) is 72.5 cm³/mol. The second kappa shape index (κ2) is 4.62. The number of esters is 1. The van der Waals surface area contributed by atoms with Gasteiger partial charge < -0.3 is 16.2 Å². The van der Waals surface area contributed by atoms with Crippen LogP contribution in [0, 0.1) is 5.92 Å². The van der Waals surface area contributed by atoms with Crippen LogP contribution in [0.1, 0.15) is 25.3 Å². The van der Waals surface area contributed by atoms with Crippen molar-refractivity contribution in [3.8, 4) is 0 Å². The summed E-state index contributed by atoms with van der Waals surface area (Å²) in [4.78, 5) is 23.9. The molecule has 0 saturated heterocycles. The summed E-state index contributed by atoms with van der Waals surface area (Å²) in [6, 6.07) is 0.0819. The first kappa shape index (κ1) is 12.6. The zero-order chi connectivity index (χ0) is 14.3. The van der Waals surface area contributed by atoms with E-state index in [2.05, 4.69) is 15.0 Å². The molecule has 0 amide bonds. The number of fused-ring (bicyclic) bond motifs is 1. The third kappa shape index (κ3) is 1.84. The van der Waals surface area contributed by atoms with Crippen molar-refractivity contribution in [3.63, 3.8) is 0 Å². The SMILES string of the molecule is COC(=O)[C@@H]1CC[C@@H](n2c(N)nc3c(N)ncnc32)C1. The molecule has 0 aromatic carbocycles. The van der Waals surface area contributed by atoms with Gasteiger partial charge in [0, 0.05) is 6.04 Å². The fourth-order valence-electron chi connectivity index (χ4n) is 2.88. The smallest absolute Gasteiger partial charge is 0.308 e. The molecule has 2 aromatic rings. The van der Waals surface area contributed by atoms with Gasteiger partial charge in [0.05, 0.1) is 13.0 Å². The zero-order valence-electron chi connectivity index (χ0n) is 11.1. The molecule has 1 fully saturated rings. The molecule has 0 bridgehead atoms. The van der Waals surface area contributed by atoms with E-state index < -0.39 is 0 Å². The van der Waals surface area contributed by atoms with Gasteiger partial charge in [-0.25, -0.2) is 15.0 Å². The van der Waals surface area contributed by atoms with E-state index in [0.29, 0.717) is 29.4 Å². The Morgan fingerprint density at radius 2 is 2.20 bits per heavy atom. The molecule has 2 aromatic heterocycles. The Balaban J connectivity index is 1.98. The number of anilines is 2. The lowest BCUT2D eigenvalue weighted by atomic mass is 10.1. The molecular formula is C12H16N6O2. The van der Waals surface area contributed by atoms with Crippen LogP contribution in [0.5, 0.6) is 0 Å². The highest BCUT2D eigenvalue weighted by atomic mass is 16.5. The van der Waals surface area contributed by atoms with E-state index in [1.165, 1.54) is 13.4 Å². The molecule has 0 radical (unpaired) electrons. The van der Waals surface area contributed by atoms with Gasteiger partial charge in [-0.2, -0.15) is 0 Å². The monoisotopic (exact) mass is 276 g/mol. The van der Waals surface area contributed by atoms with Crippen molar-refractivity contribution in [1.29, 1.82) is 0 Å². The first-order valence-electron chi connectivity index (χ1n) is 6.43. The lowest BCUT2D eigenvalue weighted by molar-refractivity contribution is -0.145. The Bertz CT molecular complexity index is 667. The third-order valence-corrected chi connectivity index (χ3v) is 3.84. The molecule has 8 heteroatoms. The van der Waals surface area contributed by atoms with Gasteiger partial charge >= 0.3 is 5.97 Å². The number of aromatic nitrogens is 4. The van der Waals surface area contributed by atoms with Gasteiger partial charge in [0.15, 0.2) is 17.0 Å². The molecule has 0 aliphatic heterocycles. The molecule has 20 heavy (non-hydrogen) atoms. The van der Waals surface area contributed by atoms with Crippen molar-refractivity contribution in [2.45, 2.75) is 25.3 Å². The van der Waals surface area contributed by atoms with E-state index in [0.717, 1.165) is 12.8 Å². The maximum atomic E-state index is 11.6. The van der Waals surface area contributed by atoms with E-state index in [4.69, 9.17) is 16.2 Å². The molecule has 4 N–H and O–H groups in total. The molecule has 8 nitrogen and oxygen atoms in total. The summed E-state index contributed by atoms with van der Waals surface area (Å²) >= 11 is 0. The summed E-state index contributed by atoms with van der Waals surface area (Å²) in [5.41, 5.74) is 12.9. The zero-order valence-corrected chi connectivity index (χ0v) is 11.1. The second-order valence-electron chi connectivity index (χ2n) is 4.96. The van der Waals surface area contributed by atoms with Crippen LogP contribution in [0.2, 0.25) is 0 Å². The van der Waals surface area contributed by atoms with Gasteiger partial charge in [0.2, 0.25) is 5.95 Å². The summed E-state index contributed by atoms with van der Waals surface area (Å²) in [6.07, 6.45) is 3.67. The summed E-state index contributed by atoms with van der Waals surface area (Å²) in [6.45, 7) is 0. The first-order chi connectivity index (χ1) is 9.61. The van der Waals surface area contributed by atoms with Crippen molar-refractivity contribution in [3.05, 3.63) is 6.33 Å². The summed E-state index contributed by atoms with van der Waals surface area (Å²) in [5, 5.41) is 0. The van der Waals surface area contributed by atoms with Crippen LogP contribution in [-0.4, -0.2) is 32.6 Å². The van der Waals surface area contributed by atoms with Gasteiger partial charge in [-0.15, -0.1) is 0 Å². The van der Waals surface area contributed by atoms with Crippen LogP contribution in [0.25, 0.3) is 11.2 Å². The minimum absolute atomic E-state index is 0.0819. The third-order valence-electron chi connectivity index (χ3n) is 3.84. The molecule has 1 saturated carbocycles. The topological polar surface area (TPSA) is 122 Å². The van der Waals surface area contributed by atoms with Gasteiger partial charge in [0.25, 0.3) is 0 Å². The molecule has 0 spiro atoms. The fraction of sp³-hybridized carbons (Fsp3) is 0.500. The lowest BCUT2D eigenvalue weighted by Gasteiger charge is -2.14. The average molecular weight is 276 g/mol. The number of hydrogen-bond acceptors (Lipinski definition) is 7. The predicted octanol–water partition coefficient (Wildman–Crippen LogP) is 0.505. The van der Waals surface area contributed by atoms with E-state index >= 15 is 0 Å². The highest BCUT2D eigenvalue weighted by Gasteiger charge is 2.33. The van der Waals surface area contributed by atoms with Crippen molar-refractivity contribution in [2.75, 3.05) is 18.6 Å². The van der Waals surface area contributed by atoms with Gasteiger partial charge in [-0.1, -0.05) is 0 Å². The quantitative estimate of drug-likeness (QED) is 0.766. The minimum atomic E-state index is -0.176. The number of hydrogen-bond donors (Lipinski definition) is 2. The summed E-state index contributed by atoms with van der Waals surface area (Å²) in [7, 11) is 1.41. The van der Waals surface area contributed by atoms with Crippen molar-refractivity contribution >= 4 is 28.9 Å². The number of nitrogens with two attached hydrogens (primary N) is 2. The maximum absolute atomic E-state index is 11.6. The molecule has 2 heterocycles. The lowest BCUT2D eigenvalue weighted by Crippen LogP contribution is -2.15. The van der Waals surface area contributed by atoms with Crippen LogP contribution in [0.3, 0.4) is 0 Å². The standard InChI is InChI=1S/C12H16N6O2/c1-20-11(19)6-2-3-7(4-6)18-10-8(17-12(18)14)9(13)15-5-16-10/h5-7H,2-4H2,1H3,(H2,14,17)(H2,13,15,16)/t6-,7-/m1/s1. The largest absolute Gasteiger partial charge is 0.469 e. The van der Waals surface area contributed by atoms with Crippen molar-refractivity contribution in [2.24, 2.45) is 5.92 Å². The van der Waals surface area contributed by atoms with Gasteiger partial charge in [0.1, 0.15) is 6.33 Å². The average Bonchev–Trinajstić information content (AvgIpc) is 3.02. The number of ether oxygens (including phenoxy) is 1. The van der Waals surface area contributed by atoms with E-state index in [-0.39, 0.29) is 17.9 Å². The Morgan fingerprint density at radius 1 is 1.40 bits per heavy atom. The van der Waals surface area contributed by atoms with Crippen LogP contribution in [0.4, 0.5) is 11.8 Å². The Kier molecular flexibility index (Phi) is 2.92. The summed E-state index contributed by atoms with van der Waals surface area (Å²) in [5.74, 6) is 0.386. The molecule has 3 rings (SSSR count). The van der Waals surface area contributed by atoms with E-state index in [1.54, 1.807) is 0 Å². The Labute approximate surface area is 115 Å². The Morgan fingerprint density at radius 3 is 2.95 bits per heavy atom. The normalized spacial score (nSPS) is 22.2. The molecule has 2 atom stereocenters. The fourth-order valence-corrected chi connectivity index (χ4v) is 2.88. The first-order valence-corrected chi connectivity index (χ1v) is 6.43. The summed E-state index contributed by atoms with van der Waals surface area (Å²) < 4.78 is 6.64. The minimum Gasteiger partial charge on any atom is -0.469 e. The number of nitrogens with zero attached hydrogens (tertiary/aromatic N) is 4. The van der Waals surface area contributed by atoms with Crippen molar-refractivity contribution in [1.82, 2.24) is 19.5 Å². The number of carbonyl (C=O) groups is 1. The van der Waals surface area contributed by atoms with Crippen LogP contribution in [0.15, 0.2) is 6.33 Å². The Hall–Kier alpha value is -2.38. The van der Waals surface area contributed by atoms with Crippen LogP contribution >= 0.6 is 0 Å². The van der Waals surface area contributed by atoms with Gasteiger partial charge in [-0.3, -0.25) is 9.36 Å². The van der Waals surface area contributed by atoms with E-state index in [1.807, 2.05) is 4.57 Å². The second-order valence-corrected chi connectivity index (χ2v) is 4.96. The number of carbonyl (C=O) groups excluding carboxylic acids is 1. The van der Waals surface area contributed by atoms with Crippen LogP contribution < -0.4 is 11.5 Å². The maximum Gasteiger partial charge on any atom is 0.308 e. The van der Waals surface area contributed by atoms with Crippen LogP contribution in [-0.2, 0) is 9.53 Å². The van der Waals surface area contributed by atoms with E-state index in [9.17, 15) is 4.79 Å². The molecule has 0 unspecified atom stereocenters. The number of methoxy groups -OCH3 is 1. The molecule has 1 aliphatic rings. The number of nitrogen functional groups attached to an aromatic ring is 2. The van der Waals surface area contributed by atoms with Crippen molar-refractivity contribution < 1.29 is 9.53 Å². The molecule has 106 valence electrons. The molecular weight excluding hydrogens is 260 g/mol.